The van der Waals surface area contributed by atoms with Crippen LogP contribution >= 0.6 is 0 Å². The van der Waals surface area contributed by atoms with Crippen LogP contribution in [0.3, 0.4) is 0 Å². The molecule has 5 heteroatoms. The Labute approximate surface area is 126 Å². The average Bonchev–Trinajstić information content (AvgIpc) is 2.95. The Kier molecular flexibility index (Phi) is 3.95. The number of piperazine rings is 1. The number of carbonyl (C=O) groups is 2. The van der Waals surface area contributed by atoms with Crippen molar-refractivity contribution in [2.24, 2.45) is 0 Å². The maximum Gasteiger partial charge on any atom is 0.249 e. The van der Waals surface area contributed by atoms with E-state index in [0.717, 1.165) is 51.4 Å². The van der Waals surface area contributed by atoms with Gasteiger partial charge in [-0.05, 0) is 45.4 Å². The molecule has 0 aromatic carbocycles. The van der Waals surface area contributed by atoms with Gasteiger partial charge in [-0.3, -0.25) is 9.59 Å². The predicted molar refractivity (Wildman–Crippen MR) is 78.7 cm³/mol. The molecule has 3 unspecified atom stereocenters. The van der Waals surface area contributed by atoms with Gasteiger partial charge in [0.25, 0.3) is 0 Å². The molecule has 1 spiro atoms. The summed E-state index contributed by atoms with van der Waals surface area (Å²) in [5.41, 5.74) is -0.608. The zero-order valence-corrected chi connectivity index (χ0v) is 13.1. The van der Waals surface area contributed by atoms with Gasteiger partial charge in [0, 0.05) is 13.2 Å². The van der Waals surface area contributed by atoms with Crippen LogP contribution in [0, 0.1) is 0 Å². The summed E-state index contributed by atoms with van der Waals surface area (Å²) in [5.74, 6) is 0.157. The van der Waals surface area contributed by atoms with E-state index in [4.69, 9.17) is 4.74 Å². The molecule has 0 aromatic rings. The number of nitrogens with one attached hydrogen (secondary N) is 1. The van der Waals surface area contributed by atoms with Gasteiger partial charge < -0.3 is 15.0 Å². The highest BCUT2D eigenvalue weighted by molar-refractivity contribution is 6.00. The second-order valence-corrected chi connectivity index (χ2v) is 6.85. The maximum absolute atomic E-state index is 13.1. The highest BCUT2D eigenvalue weighted by atomic mass is 16.5. The number of hydrogen-bond donors (Lipinski definition) is 1. The third kappa shape index (κ3) is 2.45. The van der Waals surface area contributed by atoms with Gasteiger partial charge in [-0.25, -0.2) is 0 Å². The van der Waals surface area contributed by atoms with Crippen molar-refractivity contribution in [3.8, 4) is 0 Å². The summed E-state index contributed by atoms with van der Waals surface area (Å²) >= 11 is 0. The van der Waals surface area contributed by atoms with Gasteiger partial charge in [-0.15, -0.1) is 0 Å². The van der Waals surface area contributed by atoms with Crippen molar-refractivity contribution in [3.05, 3.63) is 0 Å². The van der Waals surface area contributed by atoms with Gasteiger partial charge in [0.2, 0.25) is 11.8 Å². The maximum atomic E-state index is 13.1. The molecule has 0 bridgehead atoms. The highest BCUT2D eigenvalue weighted by Crippen LogP contribution is 2.37. The molecule has 1 aliphatic heterocycles. The quantitative estimate of drug-likeness (QED) is 0.841. The Morgan fingerprint density at radius 3 is 2.57 bits per heavy atom. The Morgan fingerprint density at radius 1 is 1.19 bits per heavy atom. The molecule has 2 amide bonds. The first kappa shape index (κ1) is 14.8. The molecule has 21 heavy (non-hydrogen) atoms. The van der Waals surface area contributed by atoms with E-state index < -0.39 is 5.54 Å². The van der Waals surface area contributed by atoms with E-state index >= 15 is 0 Å². The van der Waals surface area contributed by atoms with E-state index in [-0.39, 0.29) is 30.0 Å². The molecule has 1 saturated heterocycles. The molecule has 3 atom stereocenters. The molecule has 118 valence electrons. The molecule has 0 radical (unpaired) electrons. The van der Waals surface area contributed by atoms with Crippen molar-refractivity contribution in [1.82, 2.24) is 10.2 Å². The van der Waals surface area contributed by atoms with Crippen LogP contribution in [-0.2, 0) is 14.3 Å². The van der Waals surface area contributed by atoms with Gasteiger partial charge in [0.1, 0.15) is 11.6 Å². The molecule has 3 fully saturated rings. The molecule has 2 saturated carbocycles. The number of methoxy groups -OCH3 is 1. The highest BCUT2D eigenvalue weighted by Gasteiger charge is 2.52. The van der Waals surface area contributed by atoms with E-state index in [1.807, 2.05) is 11.8 Å². The largest absolute Gasteiger partial charge is 0.381 e. The van der Waals surface area contributed by atoms with Crippen LogP contribution < -0.4 is 5.32 Å². The van der Waals surface area contributed by atoms with Crippen molar-refractivity contribution in [2.75, 3.05) is 7.11 Å². The van der Waals surface area contributed by atoms with Gasteiger partial charge in [-0.1, -0.05) is 12.8 Å². The van der Waals surface area contributed by atoms with Crippen LogP contribution in [0.1, 0.15) is 58.3 Å². The van der Waals surface area contributed by atoms with E-state index in [2.05, 4.69) is 5.32 Å². The van der Waals surface area contributed by atoms with Gasteiger partial charge in [0.15, 0.2) is 0 Å². The first-order valence-corrected chi connectivity index (χ1v) is 8.25. The molecule has 3 aliphatic rings. The van der Waals surface area contributed by atoms with Crippen LogP contribution in [0.25, 0.3) is 0 Å². The van der Waals surface area contributed by atoms with Crippen molar-refractivity contribution < 1.29 is 14.3 Å². The molecule has 0 aromatic heterocycles. The van der Waals surface area contributed by atoms with Crippen molar-refractivity contribution in [3.63, 3.8) is 0 Å². The smallest absolute Gasteiger partial charge is 0.249 e. The Hall–Kier alpha value is -1.10. The first-order valence-electron chi connectivity index (χ1n) is 8.25. The normalized spacial score (nSPS) is 36.1. The van der Waals surface area contributed by atoms with Gasteiger partial charge >= 0.3 is 0 Å². The molecular weight excluding hydrogens is 268 g/mol. The fourth-order valence-electron chi connectivity index (χ4n) is 4.33. The Balaban J connectivity index is 1.84. The lowest BCUT2D eigenvalue weighted by atomic mass is 9.85. The zero-order chi connectivity index (χ0) is 15.0. The fraction of sp³-hybridized carbons (Fsp3) is 0.875. The molecule has 3 rings (SSSR count). The SMILES string of the molecule is COC1CCCC(N2C(=O)C3(CCCC3)NC(=O)C2C)C1. The van der Waals surface area contributed by atoms with E-state index in [1.54, 1.807) is 7.11 Å². The topological polar surface area (TPSA) is 58.6 Å². The number of nitrogens with zero attached hydrogens (tertiary/aromatic N) is 1. The minimum Gasteiger partial charge on any atom is -0.381 e. The number of rotatable bonds is 2. The third-order valence-electron chi connectivity index (χ3n) is 5.59. The molecular formula is C16H26N2O3. The molecule has 2 aliphatic carbocycles. The van der Waals surface area contributed by atoms with Crippen molar-refractivity contribution >= 4 is 11.8 Å². The molecule has 1 heterocycles. The van der Waals surface area contributed by atoms with E-state index in [9.17, 15) is 9.59 Å². The lowest BCUT2D eigenvalue weighted by molar-refractivity contribution is -0.158. The standard InChI is InChI=1S/C16H26N2O3/c1-11-14(19)17-16(8-3-4-9-16)15(20)18(11)12-6-5-7-13(10-12)21-2/h11-13H,3-10H2,1-2H3,(H,17,19). The molecule has 1 N–H and O–H groups in total. The summed E-state index contributed by atoms with van der Waals surface area (Å²) in [6, 6.07) is -0.209. The summed E-state index contributed by atoms with van der Waals surface area (Å²) in [6.45, 7) is 1.85. The lowest BCUT2D eigenvalue weighted by Crippen LogP contribution is -2.71. The van der Waals surface area contributed by atoms with Crippen LogP contribution in [0.4, 0.5) is 0 Å². The lowest BCUT2D eigenvalue weighted by Gasteiger charge is -2.48. The monoisotopic (exact) mass is 294 g/mol. The van der Waals surface area contributed by atoms with E-state index in [0.29, 0.717) is 0 Å². The fourth-order valence-corrected chi connectivity index (χ4v) is 4.33. The van der Waals surface area contributed by atoms with Gasteiger partial charge in [-0.2, -0.15) is 0 Å². The zero-order valence-electron chi connectivity index (χ0n) is 13.1. The number of amides is 2. The van der Waals surface area contributed by atoms with E-state index in [1.165, 1.54) is 0 Å². The van der Waals surface area contributed by atoms with Crippen molar-refractivity contribution in [1.29, 1.82) is 0 Å². The summed E-state index contributed by atoms with van der Waals surface area (Å²) < 4.78 is 5.49. The second kappa shape index (κ2) is 5.59. The summed E-state index contributed by atoms with van der Waals surface area (Å²) in [6.07, 6.45) is 7.82. The summed E-state index contributed by atoms with van der Waals surface area (Å²) in [7, 11) is 1.74. The van der Waals surface area contributed by atoms with Crippen LogP contribution in [0.2, 0.25) is 0 Å². The predicted octanol–water partition coefficient (Wildman–Crippen LogP) is 1.60. The third-order valence-corrected chi connectivity index (χ3v) is 5.59. The molecule has 5 nitrogen and oxygen atoms in total. The Morgan fingerprint density at radius 2 is 1.90 bits per heavy atom. The summed E-state index contributed by atoms with van der Waals surface area (Å²) in [5, 5.41) is 3.02. The minimum atomic E-state index is -0.608. The van der Waals surface area contributed by atoms with Crippen LogP contribution in [0.5, 0.6) is 0 Å². The first-order chi connectivity index (χ1) is 10.1. The Bertz CT molecular complexity index is 431. The number of ether oxygens (including phenoxy) is 1. The minimum absolute atomic E-state index is 0.0102. The summed E-state index contributed by atoms with van der Waals surface area (Å²) in [4.78, 5) is 27.3. The van der Waals surface area contributed by atoms with Crippen LogP contribution in [-0.4, -0.2) is 47.6 Å². The van der Waals surface area contributed by atoms with Gasteiger partial charge in [0.05, 0.1) is 6.10 Å². The second-order valence-electron chi connectivity index (χ2n) is 6.85. The number of hydrogen-bond acceptors (Lipinski definition) is 3. The number of carbonyl (C=O) groups excluding carboxylic acids is 2. The van der Waals surface area contributed by atoms with Crippen LogP contribution in [0.15, 0.2) is 0 Å². The average molecular weight is 294 g/mol. The van der Waals surface area contributed by atoms with Crippen molar-refractivity contribution in [2.45, 2.75) is 82.0 Å².